The number of halogens is 2. The zero-order valence-electron chi connectivity index (χ0n) is 9.01. The number of ketones is 1. The van der Waals surface area contributed by atoms with Gasteiger partial charge in [-0.25, -0.2) is 4.39 Å². The van der Waals surface area contributed by atoms with Crippen LogP contribution in [0, 0.1) is 5.82 Å². The summed E-state index contributed by atoms with van der Waals surface area (Å²) in [5, 5.41) is 0. The molecule has 0 spiro atoms. The summed E-state index contributed by atoms with van der Waals surface area (Å²) in [6.07, 6.45) is 2.62. The molecule has 0 saturated heterocycles. The number of hydrogen-bond acceptors (Lipinski definition) is 2. The van der Waals surface area contributed by atoms with Crippen molar-refractivity contribution in [1.82, 2.24) is 0 Å². The molecule has 0 aliphatic rings. The van der Waals surface area contributed by atoms with Gasteiger partial charge in [-0.15, -0.1) is 0 Å². The van der Waals surface area contributed by atoms with Crippen molar-refractivity contribution in [1.29, 1.82) is 0 Å². The molecule has 0 aliphatic heterocycles. The second-order valence-corrected chi connectivity index (χ2v) is 4.56. The van der Waals surface area contributed by atoms with Crippen molar-refractivity contribution in [2.45, 2.75) is 25.7 Å². The normalized spacial score (nSPS) is 10.4. The zero-order chi connectivity index (χ0) is 12.0. The number of unbranched alkanes of at least 4 members (excludes halogenated alkanes) is 1. The van der Waals surface area contributed by atoms with Crippen LogP contribution in [0.5, 0.6) is 0 Å². The molecule has 0 radical (unpaired) electrons. The summed E-state index contributed by atoms with van der Waals surface area (Å²) in [4.78, 5) is 11.5. The summed E-state index contributed by atoms with van der Waals surface area (Å²) < 4.78 is 13.3. The number of hydrogen-bond donors (Lipinski definition) is 1. The number of Topliss-reactive ketones (excluding diaryl/α,β-unsaturated/α-hetero) is 1. The van der Waals surface area contributed by atoms with Gasteiger partial charge in [0, 0.05) is 12.8 Å². The van der Waals surface area contributed by atoms with Gasteiger partial charge in [0.05, 0.1) is 4.47 Å². The van der Waals surface area contributed by atoms with Gasteiger partial charge in [-0.3, -0.25) is 4.79 Å². The number of nitrogens with two attached hydrogens (primary N) is 1. The van der Waals surface area contributed by atoms with Crippen molar-refractivity contribution in [3.63, 3.8) is 0 Å². The first kappa shape index (κ1) is 13.3. The SMILES string of the molecule is NCCCCC(=O)Cc1ccc(F)c(Br)c1. The third-order valence-electron chi connectivity index (χ3n) is 2.30. The Labute approximate surface area is 103 Å². The predicted molar refractivity (Wildman–Crippen MR) is 65.7 cm³/mol. The van der Waals surface area contributed by atoms with Crippen molar-refractivity contribution >= 4 is 21.7 Å². The molecule has 0 aliphatic carbocycles. The van der Waals surface area contributed by atoms with Crippen molar-refractivity contribution in [2.75, 3.05) is 6.54 Å². The Hall–Kier alpha value is -0.740. The molecule has 0 amide bonds. The highest BCUT2D eigenvalue weighted by molar-refractivity contribution is 9.10. The minimum Gasteiger partial charge on any atom is -0.330 e. The smallest absolute Gasteiger partial charge is 0.137 e. The summed E-state index contributed by atoms with van der Waals surface area (Å²) >= 11 is 3.10. The molecule has 0 heterocycles. The van der Waals surface area contributed by atoms with Gasteiger partial charge in [-0.2, -0.15) is 0 Å². The topological polar surface area (TPSA) is 43.1 Å². The highest BCUT2D eigenvalue weighted by Gasteiger charge is 2.05. The second kappa shape index (κ2) is 6.76. The Bertz CT molecular complexity index is 368. The zero-order valence-corrected chi connectivity index (χ0v) is 10.6. The Morgan fingerprint density at radius 3 is 2.75 bits per heavy atom. The van der Waals surface area contributed by atoms with Gasteiger partial charge in [0.25, 0.3) is 0 Å². The lowest BCUT2D eigenvalue weighted by Crippen LogP contribution is -2.05. The highest BCUT2D eigenvalue weighted by atomic mass is 79.9. The fourth-order valence-corrected chi connectivity index (χ4v) is 1.86. The Kier molecular flexibility index (Phi) is 5.63. The highest BCUT2D eigenvalue weighted by Crippen LogP contribution is 2.17. The van der Waals surface area contributed by atoms with E-state index in [2.05, 4.69) is 15.9 Å². The van der Waals surface area contributed by atoms with E-state index in [0.29, 0.717) is 23.9 Å². The van der Waals surface area contributed by atoms with Gasteiger partial charge in [0.2, 0.25) is 0 Å². The Balaban J connectivity index is 2.46. The van der Waals surface area contributed by atoms with E-state index in [1.807, 2.05) is 0 Å². The minimum absolute atomic E-state index is 0.173. The van der Waals surface area contributed by atoms with E-state index in [9.17, 15) is 9.18 Å². The third kappa shape index (κ3) is 4.41. The van der Waals surface area contributed by atoms with Crippen LogP contribution in [0.15, 0.2) is 22.7 Å². The number of rotatable bonds is 6. The average molecular weight is 288 g/mol. The van der Waals surface area contributed by atoms with E-state index in [0.717, 1.165) is 18.4 Å². The largest absolute Gasteiger partial charge is 0.330 e. The molecule has 0 saturated carbocycles. The quantitative estimate of drug-likeness (QED) is 0.818. The van der Waals surface area contributed by atoms with E-state index in [-0.39, 0.29) is 11.6 Å². The fourth-order valence-electron chi connectivity index (χ4n) is 1.43. The molecule has 1 aromatic carbocycles. The van der Waals surface area contributed by atoms with Crippen molar-refractivity contribution < 1.29 is 9.18 Å². The van der Waals surface area contributed by atoms with Crippen LogP contribution in [0.4, 0.5) is 4.39 Å². The molecule has 0 bridgehead atoms. The first-order valence-corrected chi connectivity index (χ1v) is 6.08. The molecular formula is C12H15BrFNO. The van der Waals surface area contributed by atoms with Gasteiger partial charge in [-0.05, 0) is 53.0 Å². The van der Waals surface area contributed by atoms with Crippen LogP contribution in [0.2, 0.25) is 0 Å². The van der Waals surface area contributed by atoms with Crippen LogP contribution in [-0.2, 0) is 11.2 Å². The predicted octanol–water partition coefficient (Wildman–Crippen LogP) is 2.83. The maximum Gasteiger partial charge on any atom is 0.137 e. The van der Waals surface area contributed by atoms with E-state index in [4.69, 9.17) is 5.73 Å². The number of carbonyl (C=O) groups is 1. The van der Waals surface area contributed by atoms with Gasteiger partial charge in [-0.1, -0.05) is 6.07 Å². The summed E-state index contributed by atoms with van der Waals surface area (Å²) in [7, 11) is 0. The minimum atomic E-state index is -0.306. The lowest BCUT2D eigenvalue weighted by atomic mass is 10.0. The van der Waals surface area contributed by atoms with E-state index in [1.165, 1.54) is 6.07 Å². The monoisotopic (exact) mass is 287 g/mol. The summed E-state index contributed by atoms with van der Waals surface area (Å²) in [5.41, 5.74) is 6.18. The van der Waals surface area contributed by atoms with Crippen LogP contribution in [0.3, 0.4) is 0 Å². The van der Waals surface area contributed by atoms with Gasteiger partial charge >= 0.3 is 0 Å². The van der Waals surface area contributed by atoms with Crippen LogP contribution in [0.25, 0.3) is 0 Å². The van der Waals surface area contributed by atoms with E-state index in [1.54, 1.807) is 12.1 Å². The van der Waals surface area contributed by atoms with Crippen LogP contribution < -0.4 is 5.73 Å². The molecule has 16 heavy (non-hydrogen) atoms. The van der Waals surface area contributed by atoms with Crippen molar-refractivity contribution in [2.24, 2.45) is 5.73 Å². The standard InChI is InChI=1S/C12H15BrFNO/c13-11-8-9(4-5-12(11)14)7-10(16)3-1-2-6-15/h4-5,8H,1-3,6-7,15H2. The molecular weight excluding hydrogens is 273 g/mol. The van der Waals surface area contributed by atoms with Crippen LogP contribution in [-0.4, -0.2) is 12.3 Å². The maximum absolute atomic E-state index is 12.9. The molecule has 0 aromatic heterocycles. The number of carbonyl (C=O) groups excluding carboxylic acids is 1. The molecule has 2 nitrogen and oxygen atoms in total. The molecule has 1 aromatic rings. The molecule has 4 heteroatoms. The Morgan fingerprint density at radius 1 is 1.38 bits per heavy atom. The van der Waals surface area contributed by atoms with Gasteiger partial charge in [0.1, 0.15) is 11.6 Å². The maximum atomic E-state index is 12.9. The first-order valence-electron chi connectivity index (χ1n) is 5.29. The lowest BCUT2D eigenvalue weighted by molar-refractivity contribution is -0.118. The molecule has 1 rings (SSSR count). The summed E-state index contributed by atoms with van der Waals surface area (Å²) in [6, 6.07) is 4.66. The molecule has 0 unspecified atom stereocenters. The molecule has 0 atom stereocenters. The summed E-state index contributed by atoms with van der Waals surface area (Å²) in [5.74, 6) is -0.133. The van der Waals surface area contributed by atoms with Crippen molar-refractivity contribution in [3.05, 3.63) is 34.1 Å². The van der Waals surface area contributed by atoms with Crippen molar-refractivity contribution in [3.8, 4) is 0 Å². The second-order valence-electron chi connectivity index (χ2n) is 3.71. The fraction of sp³-hybridized carbons (Fsp3) is 0.417. The van der Waals surface area contributed by atoms with E-state index < -0.39 is 0 Å². The molecule has 2 N–H and O–H groups in total. The molecule has 0 fully saturated rings. The first-order chi connectivity index (χ1) is 7.63. The Morgan fingerprint density at radius 2 is 2.12 bits per heavy atom. The average Bonchev–Trinajstić information content (AvgIpc) is 2.24. The summed E-state index contributed by atoms with van der Waals surface area (Å²) in [6.45, 7) is 0.620. The number of benzene rings is 1. The van der Waals surface area contributed by atoms with E-state index >= 15 is 0 Å². The lowest BCUT2D eigenvalue weighted by Gasteiger charge is -2.02. The molecule has 88 valence electrons. The van der Waals surface area contributed by atoms with Gasteiger partial charge < -0.3 is 5.73 Å². The van der Waals surface area contributed by atoms with Crippen LogP contribution >= 0.6 is 15.9 Å². The third-order valence-corrected chi connectivity index (χ3v) is 2.90. The van der Waals surface area contributed by atoms with Crippen LogP contribution in [0.1, 0.15) is 24.8 Å². The van der Waals surface area contributed by atoms with Gasteiger partial charge in [0.15, 0.2) is 0 Å².